The van der Waals surface area contributed by atoms with Gasteiger partial charge in [-0.15, -0.1) is 0 Å². The number of rotatable bonds is 8. The number of anilines is 2. The van der Waals surface area contributed by atoms with Crippen LogP contribution in [0, 0.1) is 11.8 Å². The van der Waals surface area contributed by atoms with E-state index in [1.165, 1.54) is 25.7 Å². The fourth-order valence-corrected chi connectivity index (χ4v) is 3.87. The number of aryl methyl sites for hydroxylation is 2. The monoisotopic (exact) mass is 432 g/mol. The van der Waals surface area contributed by atoms with Gasteiger partial charge >= 0.3 is 0 Å². The van der Waals surface area contributed by atoms with Crippen LogP contribution < -0.4 is 10.6 Å². The maximum absolute atomic E-state index is 12.7. The van der Waals surface area contributed by atoms with Crippen LogP contribution in [0.1, 0.15) is 57.8 Å². The molecule has 2 amide bonds. The third-order valence-corrected chi connectivity index (χ3v) is 6.14. The Morgan fingerprint density at radius 1 is 0.781 bits per heavy atom. The molecule has 166 valence electrons. The summed E-state index contributed by atoms with van der Waals surface area (Å²) in [6.45, 7) is 0. The molecule has 8 nitrogen and oxygen atoms in total. The molecule has 0 saturated heterocycles. The SMILES string of the molecule is Cn1nc(CC2CC2)cc1NC(=O)c1ccc(C(=O)Nc2cc(CC3CC3)nn2C)cc1. The van der Waals surface area contributed by atoms with Crippen molar-refractivity contribution in [3.8, 4) is 0 Å². The van der Waals surface area contributed by atoms with E-state index in [9.17, 15) is 9.59 Å². The summed E-state index contributed by atoms with van der Waals surface area (Å²) in [6, 6.07) is 10.5. The van der Waals surface area contributed by atoms with Crippen molar-refractivity contribution in [2.75, 3.05) is 10.6 Å². The first-order valence-corrected chi connectivity index (χ1v) is 11.2. The van der Waals surface area contributed by atoms with Gasteiger partial charge in [0.05, 0.1) is 11.4 Å². The second-order valence-corrected chi connectivity index (χ2v) is 9.07. The van der Waals surface area contributed by atoms with Gasteiger partial charge in [-0.1, -0.05) is 0 Å². The van der Waals surface area contributed by atoms with Crippen LogP contribution in [0.5, 0.6) is 0 Å². The van der Waals surface area contributed by atoms with Crippen LogP contribution >= 0.6 is 0 Å². The molecule has 2 N–H and O–H groups in total. The van der Waals surface area contributed by atoms with E-state index >= 15 is 0 Å². The Morgan fingerprint density at radius 2 is 1.16 bits per heavy atom. The van der Waals surface area contributed by atoms with E-state index in [-0.39, 0.29) is 11.8 Å². The Balaban J connectivity index is 1.20. The number of benzene rings is 1. The molecule has 2 heterocycles. The first-order chi connectivity index (χ1) is 15.4. The van der Waals surface area contributed by atoms with Crippen molar-refractivity contribution < 1.29 is 9.59 Å². The number of aromatic nitrogens is 4. The summed E-state index contributed by atoms with van der Waals surface area (Å²) in [7, 11) is 3.65. The Hall–Kier alpha value is -3.42. The molecule has 5 rings (SSSR count). The molecule has 2 fully saturated rings. The predicted molar refractivity (Wildman–Crippen MR) is 122 cm³/mol. The number of hydrogen-bond acceptors (Lipinski definition) is 4. The van der Waals surface area contributed by atoms with E-state index in [1.807, 2.05) is 26.2 Å². The Bertz CT molecular complexity index is 1060. The van der Waals surface area contributed by atoms with Gasteiger partial charge in [0.1, 0.15) is 11.6 Å². The molecule has 0 unspecified atom stereocenters. The summed E-state index contributed by atoms with van der Waals surface area (Å²) in [4.78, 5) is 25.3. The van der Waals surface area contributed by atoms with Crippen molar-refractivity contribution in [3.05, 3.63) is 58.9 Å². The smallest absolute Gasteiger partial charge is 0.256 e. The largest absolute Gasteiger partial charge is 0.307 e. The summed E-state index contributed by atoms with van der Waals surface area (Å²) in [5.74, 6) is 2.37. The molecule has 0 radical (unpaired) electrons. The number of nitrogens with one attached hydrogen (secondary N) is 2. The van der Waals surface area contributed by atoms with E-state index in [2.05, 4.69) is 20.8 Å². The summed E-state index contributed by atoms with van der Waals surface area (Å²) >= 11 is 0. The van der Waals surface area contributed by atoms with Gasteiger partial charge in [-0.05, 0) is 74.6 Å². The minimum absolute atomic E-state index is 0.228. The third kappa shape index (κ3) is 4.74. The Kier molecular flexibility index (Phi) is 5.28. The quantitative estimate of drug-likeness (QED) is 0.569. The van der Waals surface area contributed by atoms with E-state index in [0.717, 1.165) is 36.1 Å². The van der Waals surface area contributed by atoms with Gasteiger partial charge in [0.25, 0.3) is 11.8 Å². The molecule has 0 spiro atoms. The lowest BCUT2D eigenvalue weighted by Crippen LogP contribution is -2.16. The number of nitrogens with zero attached hydrogens (tertiary/aromatic N) is 4. The zero-order valence-corrected chi connectivity index (χ0v) is 18.5. The second-order valence-electron chi connectivity index (χ2n) is 9.07. The minimum atomic E-state index is -0.228. The number of hydrogen-bond donors (Lipinski definition) is 2. The van der Waals surface area contributed by atoms with Crippen molar-refractivity contribution >= 4 is 23.5 Å². The average molecular weight is 433 g/mol. The minimum Gasteiger partial charge on any atom is -0.307 e. The van der Waals surface area contributed by atoms with Crippen LogP contribution in [0.3, 0.4) is 0 Å². The van der Waals surface area contributed by atoms with Crippen molar-refractivity contribution in [2.45, 2.75) is 38.5 Å². The van der Waals surface area contributed by atoms with Crippen LogP contribution in [0.15, 0.2) is 36.4 Å². The number of amides is 2. The lowest BCUT2D eigenvalue weighted by molar-refractivity contribution is 0.101. The van der Waals surface area contributed by atoms with Crippen LogP contribution in [0.2, 0.25) is 0 Å². The Morgan fingerprint density at radius 3 is 1.50 bits per heavy atom. The highest BCUT2D eigenvalue weighted by molar-refractivity contribution is 6.06. The molecular formula is C24H28N6O2. The third-order valence-electron chi connectivity index (χ3n) is 6.14. The normalized spacial score (nSPS) is 15.6. The number of carbonyl (C=O) groups is 2. The van der Waals surface area contributed by atoms with Gasteiger partial charge in [0, 0.05) is 37.4 Å². The molecule has 2 aliphatic rings. The topological polar surface area (TPSA) is 93.8 Å². The fraction of sp³-hybridized carbons (Fsp3) is 0.417. The van der Waals surface area contributed by atoms with Crippen LogP contribution in [-0.4, -0.2) is 31.4 Å². The van der Waals surface area contributed by atoms with Gasteiger partial charge in [-0.25, -0.2) is 0 Å². The van der Waals surface area contributed by atoms with Crippen LogP contribution in [0.25, 0.3) is 0 Å². The molecule has 0 bridgehead atoms. The lowest BCUT2D eigenvalue weighted by Gasteiger charge is -2.07. The fourth-order valence-electron chi connectivity index (χ4n) is 3.87. The molecule has 1 aromatic carbocycles. The summed E-state index contributed by atoms with van der Waals surface area (Å²) in [5, 5.41) is 14.8. The molecule has 2 saturated carbocycles. The van der Waals surface area contributed by atoms with Gasteiger partial charge < -0.3 is 10.6 Å². The summed E-state index contributed by atoms with van der Waals surface area (Å²) < 4.78 is 3.39. The Labute approximate surface area is 187 Å². The molecule has 2 aliphatic carbocycles. The van der Waals surface area contributed by atoms with Crippen molar-refractivity contribution in [1.82, 2.24) is 19.6 Å². The van der Waals surface area contributed by atoms with Gasteiger partial charge in [-0.3, -0.25) is 19.0 Å². The zero-order chi connectivity index (χ0) is 22.2. The van der Waals surface area contributed by atoms with Crippen molar-refractivity contribution in [1.29, 1.82) is 0 Å². The van der Waals surface area contributed by atoms with Gasteiger partial charge in [0.2, 0.25) is 0 Å². The van der Waals surface area contributed by atoms with E-state index in [0.29, 0.717) is 22.8 Å². The maximum Gasteiger partial charge on any atom is 0.256 e. The molecule has 2 aromatic heterocycles. The maximum atomic E-state index is 12.7. The van der Waals surface area contributed by atoms with Gasteiger partial charge in [-0.2, -0.15) is 10.2 Å². The summed E-state index contributed by atoms with van der Waals surface area (Å²) in [6.07, 6.45) is 6.99. The van der Waals surface area contributed by atoms with E-state index < -0.39 is 0 Å². The first-order valence-electron chi connectivity index (χ1n) is 11.2. The molecule has 32 heavy (non-hydrogen) atoms. The van der Waals surface area contributed by atoms with Crippen molar-refractivity contribution in [3.63, 3.8) is 0 Å². The molecule has 0 aliphatic heterocycles. The molecule has 8 heteroatoms. The van der Waals surface area contributed by atoms with Crippen molar-refractivity contribution in [2.24, 2.45) is 25.9 Å². The lowest BCUT2D eigenvalue weighted by atomic mass is 10.1. The highest BCUT2D eigenvalue weighted by Gasteiger charge is 2.24. The predicted octanol–water partition coefficient (Wildman–Crippen LogP) is 3.56. The summed E-state index contributed by atoms with van der Waals surface area (Å²) in [5.41, 5.74) is 2.98. The van der Waals surface area contributed by atoms with Crippen LogP contribution in [0.4, 0.5) is 11.6 Å². The second kappa shape index (κ2) is 8.26. The van der Waals surface area contributed by atoms with E-state index in [1.54, 1.807) is 33.6 Å². The molecule has 3 aromatic rings. The average Bonchev–Trinajstić information content (AvgIpc) is 3.68. The first kappa shape index (κ1) is 20.5. The zero-order valence-electron chi connectivity index (χ0n) is 18.5. The van der Waals surface area contributed by atoms with E-state index in [4.69, 9.17) is 0 Å². The molecular weight excluding hydrogens is 404 g/mol. The molecule has 0 atom stereocenters. The standard InChI is InChI=1S/C24H28N6O2/c1-29-21(13-19(27-29)11-15-3-4-15)25-23(31)17-7-9-18(10-8-17)24(32)26-22-14-20(28-30(22)2)12-16-5-6-16/h7-10,13-16H,3-6,11-12H2,1-2H3,(H,25,31)(H,26,32). The highest BCUT2D eigenvalue weighted by Crippen LogP contribution is 2.33. The number of carbonyl (C=O) groups excluding carboxylic acids is 2. The van der Waals surface area contributed by atoms with Crippen LogP contribution in [-0.2, 0) is 26.9 Å². The highest BCUT2D eigenvalue weighted by atomic mass is 16.2. The van der Waals surface area contributed by atoms with Gasteiger partial charge in [0.15, 0.2) is 0 Å².